The predicted molar refractivity (Wildman–Crippen MR) is 74.3 cm³/mol. The molecule has 0 aromatic heterocycles. The predicted octanol–water partition coefficient (Wildman–Crippen LogP) is 1.17. The summed E-state index contributed by atoms with van der Waals surface area (Å²) < 4.78 is 10.1. The van der Waals surface area contributed by atoms with Gasteiger partial charge in [-0.25, -0.2) is 9.59 Å². The number of carbonyl (C=O) groups excluding carboxylic acids is 2. The third-order valence-corrected chi connectivity index (χ3v) is 3.57. The molecule has 0 saturated carbocycles. The number of carbonyl (C=O) groups is 2. The second-order valence-corrected chi connectivity index (χ2v) is 6.34. The average Bonchev–Trinajstić information content (AvgIpc) is 2.25. The highest BCUT2D eigenvalue weighted by atomic mass is 28.1. The molecule has 0 amide bonds. The molecule has 0 heterocycles. The highest BCUT2D eigenvalue weighted by Crippen LogP contribution is 2.22. The van der Waals surface area contributed by atoms with Gasteiger partial charge in [-0.05, 0) is 33.1 Å². The van der Waals surface area contributed by atoms with Crippen molar-refractivity contribution in [1.29, 1.82) is 0 Å². The quantitative estimate of drug-likeness (QED) is 0.438. The van der Waals surface area contributed by atoms with Gasteiger partial charge in [0, 0.05) is 21.0 Å². The molecule has 0 bridgehead atoms. The molecule has 0 aliphatic carbocycles. The molecule has 1 unspecified atom stereocenters. The van der Waals surface area contributed by atoms with Crippen LogP contribution in [0.25, 0.3) is 0 Å². The Balaban J connectivity index is 5.38. The Labute approximate surface area is 112 Å². The van der Waals surface area contributed by atoms with E-state index in [0.29, 0.717) is 21.0 Å². The van der Waals surface area contributed by atoms with Gasteiger partial charge in [-0.1, -0.05) is 13.8 Å². The van der Waals surface area contributed by atoms with Gasteiger partial charge in [0.1, 0.15) is 5.60 Å². The maximum Gasteiger partial charge on any atom is 0.334 e. The Morgan fingerprint density at radius 2 is 1.72 bits per heavy atom. The molecule has 0 aliphatic rings. The molecule has 0 aromatic rings. The van der Waals surface area contributed by atoms with E-state index in [9.17, 15) is 9.59 Å². The van der Waals surface area contributed by atoms with Gasteiger partial charge in [0.2, 0.25) is 0 Å². The fraction of sp³-hybridized carbons (Fsp3) is 0.692. The Bertz CT molecular complexity index is 352. The van der Waals surface area contributed by atoms with Crippen LogP contribution in [0.1, 0.15) is 41.0 Å². The zero-order valence-corrected chi connectivity index (χ0v) is 14.4. The first-order valence-corrected chi connectivity index (χ1v) is 7.16. The standard InChI is InChI=1S/C13H24O4Si/c1-7-8(2)9(10(18)12(15)16-6)11(14)17-13(3,4)5/h8H,7H2,1-6,18H3/b10-9-. The average molecular weight is 272 g/mol. The smallest absolute Gasteiger partial charge is 0.334 e. The van der Waals surface area contributed by atoms with Crippen LogP contribution < -0.4 is 0 Å². The van der Waals surface area contributed by atoms with Crippen LogP contribution in [0.4, 0.5) is 0 Å². The fourth-order valence-corrected chi connectivity index (χ4v) is 2.43. The second-order valence-electron chi connectivity index (χ2n) is 5.34. The Morgan fingerprint density at radius 3 is 2.06 bits per heavy atom. The molecule has 0 saturated heterocycles. The highest BCUT2D eigenvalue weighted by Gasteiger charge is 2.27. The molecule has 0 aromatic carbocycles. The second kappa shape index (κ2) is 6.73. The largest absolute Gasteiger partial charge is 0.466 e. The van der Waals surface area contributed by atoms with Gasteiger partial charge < -0.3 is 9.47 Å². The van der Waals surface area contributed by atoms with Crippen molar-refractivity contribution in [2.45, 2.75) is 46.6 Å². The van der Waals surface area contributed by atoms with Crippen molar-refractivity contribution in [2.24, 2.45) is 5.92 Å². The van der Waals surface area contributed by atoms with Gasteiger partial charge >= 0.3 is 11.9 Å². The van der Waals surface area contributed by atoms with Gasteiger partial charge in [-0.3, -0.25) is 0 Å². The van der Waals surface area contributed by atoms with E-state index in [2.05, 4.69) is 0 Å². The molecule has 0 spiro atoms. The summed E-state index contributed by atoms with van der Waals surface area (Å²) in [6.07, 6.45) is 0.775. The Hall–Kier alpha value is -1.10. The van der Waals surface area contributed by atoms with Crippen LogP contribution in [0, 0.1) is 5.92 Å². The molecule has 0 radical (unpaired) electrons. The fourth-order valence-electron chi connectivity index (χ4n) is 1.52. The monoisotopic (exact) mass is 272 g/mol. The first-order chi connectivity index (χ1) is 8.14. The summed E-state index contributed by atoms with van der Waals surface area (Å²) in [6.45, 7) is 9.32. The van der Waals surface area contributed by atoms with E-state index in [1.807, 2.05) is 34.6 Å². The molecule has 104 valence electrons. The number of rotatable bonds is 4. The summed E-state index contributed by atoms with van der Waals surface area (Å²) in [5, 5.41) is 0.459. The first-order valence-electron chi connectivity index (χ1n) is 6.16. The molecule has 0 rings (SSSR count). The number of hydrogen-bond acceptors (Lipinski definition) is 4. The van der Waals surface area contributed by atoms with Crippen molar-refractivity contribution in [2.75, 3.05) is 7.11 Å². The summed E-state index contributed by atoms with van der Waals surface area (Å²) in [7, 11) is 1.78. The van der Waals surface area contributed by atoms with Crippen molar-refractivity contribution in [1.82, 2.24) is 0 Å². The van der Waals surface area contributed by atoms with Crippen LogP contribution in [0.2, 0.25) is 0 Å². The molecule has 1 atom stereocenters. The van der Waals surface area contributed by atoms with Crippen LogP contribution in [0.15, 0.2) is 10.8 Å². The van der Waals surface area contributed by atoms with E-state index >= 15 is 0 Å². The van der Waals surface area contributed by atoms with Crippen molar-refractivity contribution in [3.05, 3.63) is 10.8 Å². The third kappa shape index (κ3) is 5.04. The van der Waals surface area contributed by atoms with E-state index in [-0.39, 0.29) is 5.92 Å². The summed E-state index contributed by atoms with van der Waals surface area (Å²) in [5.41, 5.74) is -0.0979. The lowest BCUT2D eigenvalue weighted by Gasteiger charge is -2.23. The van der Waals surface area contributed by atoms with Crippen LogP contribution in [-0.4, -0.2) is 34.9 Å². The van der Waals surface area contributed by atoms with E-state index in [1.54, 1.807) is 0 Å². The lowest BCUT2D eigenvalue weighted by Crippen LogP contribution is -2.28. The maximum absolute atomic E-state index is 12.2. The summed E-state index contributed by atoms with van der Waals surface area (Å²) in [4.78, 5) is 23.7. The number of methoxy groups -OCH3 is 1. The van der Waals surface area contributed by atoms with E-state index in [0.717, 1.165) is 6.42 Å². The molecule has 0 N–H and O–H groups in total. The molecule has 18 heavy (non-hydrogen) atoms. The van der Waals surface area contributed by atoms with Gasteiger partial charge in [0.25, 0.3) is 0 Å². The van der Waals surface area contributed by atoms with E-state index in [4.69, 9.17) is 9.47 Å². The van der Waals surface area contributed by atoms with Crippen LogP contribution >= 0.6 is 0 Å². The highest BCUT2D eigenvalue weighted by molar-refractivity contribution is 6.37. The van der Waals surface area contributed by atoms with Gasteiger partial charge in [-0.15, -0.1) is 0 Å². The third-order valence-electron chi connectivity index (χ3n) is 2.62. The molecule has 0 aliphatic heterocycles. The van der Waals surface area contributed by atoms with Gasteiger partial charge in [-0.2, -0.15) is 0 Å². The van der Waals surface area contributed by atoms with Crippen LogP contribution in [0.5, 0.6) is 0 Å². The van der Waals surface area contributed by atoms with Gasteiger partial charge in [0.05, 0.1) is 7.11 Å². The number of esters is 2. The summed E-state index contributed by atoms with van der Waals surface area (Å²) >= 11 is 0. The molecular formula is C13H24O4Si. The topological polar surface area (TPSA) is 52.6 Å². The number of ether oxygens (including phenoxy) is 2. The van der Waals surface area contributed by atoms with Crippen molar-refractivity contribution >= 4 is 22.2 Å². The summed E-state index contributed by atoms with van der Waals surface area (Å²) in [6, 6.07) is 0. The zero-order valence-electron chi connectivity index (χ0n) is 12.4. The van der Waals surface area contributed by atoms with Crippen LogP contribution in [0.3, 0.4) is 0 Å². The Morgan fingerprint density at radius 1 is 1.22 bits per heavy atom. The minimum absolute atomic E-state index is 0.00792. The van der Waals surface area contributed by atoms with Crippen molar-refractivity contribution in [3.8, 4) is 0 Å². The molecule has 4 nitrogen and oxygen atoms in total. The van der Waals surface area contributed by atoms with Crippen molar-refractivity contribution in [3.63, 3.8) is 0 Å². The molecule has 0 fully saturated rings. The normalized spacial score (nSPS) is 14.8. The van der Waals surface area contributed by atoms with Gasteiger partial charge in [0.15, 0.2) is 0 Å². The Kier molecular flexibility index (Phi) is 6.32. The summed E-state index contributed by atoms with van der Waals surface area (Å²) in [5.74, 6) is -0.846. The molecule has 5 heteroatoms. The first kappa shape index (κ1) is 16.9. The minimum Gasteiger partial charge on any atom is -0.466 e. The SMILES string of the molecule is CCC(C)/C(C(=O)OC(C)(C)C)=C(/[SiH3])C(=O)OC. The van der Waals surface area contributed by atoms with Crippen molar-refractivity contribution < 1.29 is 19.1 Å². The van der Waals surface area contributed by atoms with E-state index < -0.39 is 17.5 Å². The minimum atomic E-state index is -0.562. The van der Waals surface area contributed by atoms with E-state index in [1.165, 1.54) is 7.11 Å². The lowest BCUT2D eigenvalue weighted by atomic mass is 9.97. The number of hydrogen-bond donors (Lipinski definition) is 0. The lowest BCUT2D eigenvalue weighted by molar-refractivity contribution is -0.151. The molecular weight excluding hydrogens is 248 g/mol. The zero-order chi connectivity index (χ0) is 14.5. The maximum atomic E-state index is 12.2. The van der Waals surface area contributed by atoms with Crippen LogP contribution in [-0.2, 0) is 19.1 Å².